The SMILES string of the molecule is CCn1cc(C=C2Oc3cc(OC(=O)c4cc(OC)cc(OC)c4)ccc3C2=O)c2ccccc21. The topological polar surface area (TPSA) is 76.0 Å². The molecular formula is C28H23NO6. The number of para-hydroxylation sites is 1. The summed E-state index contributed by atoms with van der Waals surface area (Å²) in [6.07, 6.45) is 3.76. The highest BCUT2D eigenvalue weighted by molar-refractivity contribution is 6.15. The zero-order valence-electron chi connectivity index (χ0n) is 19.5. The highest BCUT2D eigenvalue weighted by Gasteiger charge is 2.28. The van der Waals surface area contributed by atoms with Crippen LogP contribution in [0.25, 0.3) is 17.0 Å². The number of carbonyl (C=O) groups is 2. The maximum absolute atomic E-state index is 13.0. The van der Waals surface area contributed by atoms with Crippen molar-refractivity contribution in [2.24, 2.45) is 0 Å². The zero-order chi connectivity index (χ0) is 24.5. The third-order valence-electron chi connectivity index (χ3n) is 5.89. The highest BCUT2D eigenvalue weighted by atomic mass is 16.5. The quantitative estimate of drug-likeness (QED) is 0.210. The van der Waals surface area contributed by atoms with E-state index in [4.69, 9.17) is 18.9 Å². The van der Waals surface area contributed by atoms with Crippen LogP contribution in [-0.2, 0) is 6.54 Å². The van der Waals surface area contributed by atoms with Gasteiger partial charge in [-0.25, -0.2) is 4.79 Å². The van der Waals surface area contributed by atoms with Crippen molar-refractivity contribution in [2.45, 2.75) is 13.5 Å². The average Bonchev–Trinajstić information content (AvgIpc) is 3.40. The van der Waals surface area contributed by atoms with Crippen LogP contribution in [0.2, 0.25) is 0 Å². The molecule has 0 N–H and O–H groups in total. The molecule has 5 rings (SSSR count). The lowest BCUT2D eigenvalue weighted by Crippen LogP contribution is -2.09. The van der Waals surface area contributed by atoms with Crippen LogP contribution < -0.4 is 18.9 Å². The molecule has 0 fully saturated rings. The molecule has 7 nitrogen and oxygen atoms in total. The van der Waals surface area contributed by atoms with Crippen LogP contribution in [0, 0.1) is 0 Å². The van der Waals surface area contributed by atoms with Gasteiger partial charge in [0.25, 0.3) is 0 Å². The number of rotatable bonds is 6. The summed E-state index contributed by atoms with van der Waals surface area (Å²) in [6.45, 7) is 2.88. The van der Waals surface area contributed by atoms with Crippen molar-refractivity contribution in [3.8, 4) is 23.0 Å². The molecule has 35 heavy (non-hydrogen) atoms. The second-order valence-electron chi connectivity index (χ2n) is 7.98. The Balaban J connectivity index is 1.41. The predicted octanol–water partition coefficient (Wildman–Crippen LogP) is 5.51. The summed E-state index contributed by atoms with van der Waals surface area (Å²) in [6, 6.07) is 17.5. The number of carbonyl (C=O) groups excluding carboxylic acids is 2. The Bertz CT molecular complexity index is 1470. The van der Waals surface area contributed by atoms with Crippen molar-refractivity contribution in [1.82, 2.24) is 4.57 Å². The highest BCUT2D eigenvalue weighted by Crippen LogP contribution is 2.36. The first-order valence-corrected chi connectivity index (χ1v) is 11.1. The van der Waals surface area contributed by atoms with Gasteiger partial charge < -0.3 is 23.5 Å². The van der Waals surface area contributed by atoms with E-state index in [2.05, 4.69) is 11.5 Å². The second kappa shape index (κ2) is 9.02. The molecule has 7 heteroatoms. The maximum Gasteiger partial charge on any atom is 0.343 e. The Morgan fingerprint density at radius 3 is 2.43 bits per heavy atom. The van der Waals surface area contributed by atoms with E-state index in [1.165, 1.54) is 14.2 Å². The van der Waals surface area contributed by atoms with E-state index in [0.29, 0.717) is 22.8 Å². The minimum absolute atomic E-state index is 0.219. The van der Waals surface area contributed by atoms with Crippen LogP contribution in [-0.4, -0.2) is 30.5 Å². The minimum Gasteiger partial charge on any atom is -0.497 e. The summed E-state index contributed by atoms with van der Waals surface area (Å²) in [5.74, 6) is 0.955. The van der Waals surface area contributed by atoms with Crippen LogP contribution in [0.4, 0.5) is 0 Å². The Morgan fingerprint density at radius 1 is 0.971 bits per heavy atom. The first-order chi connectivity index (χ1) is 17.0. The van der Waals surface area contributed by atoms with Gasteiger partial charge in [0.15, 0.2) is 5.76 Å². The predicted molar refractivity (Wildman–Crippen MR) is 131 cm³/mol. The molecule has 3 aromatic carbocycles. The fourth-order valence-electron chi connectivity index (χ4n) is 4.12. The molecule has 176 valence electrons. The lowest BCUT2D eigenvalue weighted by Gasteiger charge is -2.09. The van der Waals surface area contributed by atoms with Gasteiger partial charge >= 0.3 is 5.97 Å². The Labute approximate surface area is 202 Å². The molecule has 0 spiro atoms. The largest absolute Gasteiger partial charge is 0.497 e. The van der Waals surface area contributed by atoms with Crippen LogP contribution >= 0.6 is 0 Å². The number of nitrogens with zero attached hydrogens (tertiary/aromatic N) is 1. The van der Waals surface area contributed by atoms with E-state index in [0.717, 1.165) is 23.0 Å². The average molecular weight is 469 g/mol. The summed E-state index contributed by atoms with van der Waals surface area (Å²) in [5, 5.41) is 1.04. The third kappa shape index (κ3) is 4.12. The minimum atomic E-state index is -0.588. The number of hydrogen-bond donors (Lipinski definition) is 0. The molecule has 0 bridgehead atoms. The molecule has 0 unspecified atom stereocenters. The van der Waals surface area contributed by atoms with E-state index in [9.17, 15) is 9.59 Å². The van der Waals surface area contributed by atoms with E-state index >= 15 is 0 Å². The van der Waals surface area contributed by atoms with Crippen LogP contribution in [0.15, 0.2) is 72.6 Å². The van der Waals surface area contributed by atoms with Gasteiger partial charge in [0, 0.05) is 41.3 Å². The van der Waals surface area contributed by atoms with Crippen LogP contribution in [0.3, 0.4) is 0 Å². The maximum atomic E-state index is 13.0. The van der Waals surface area contributed by atoms with Gasteiger partial charge in [-0.05, 0) is 43.3 Å². The fourth-order valence-corrected chi connectivity index (χ4v) is 4.12. The molecule has 0 radical (unpaired) electrons. The van der Waals surface area contributed by atoms with E-state index in [1.54, 1.807) is 42.5 Å². The smallest absolute Gasteiger partial charge is 0.343 e. The van der Waals surface area contributed by atoms with Gasteiger partial charge in [-0.1, -0.05) is 18.2 Å². The van der Waals surface area contributed by atoms with Gasteiger partial charge in [-0.15, -0.1) is 0 Å². The molecule has 1 aliphatic heterocycles. The molecule has 2 heterocycles. The lowest BCUT2D eigenvalue weighted by atomic mass is 10.1. The van der Waals surface area contributed by atoms with Gasteiger partial charge in [-0.3, -0.25) is 4.79 Å². The lowest BCUT2D eigenvalue weighted by molar-refractivity contribution is 0.0733. The van der Waals surface area contributed by atoms with Gasteiger partial charge in [-0.2, -0.15) is 0 Å². The van der Waals surface area contributed by atoms with E-state index in [-0.39, 0.29) is 22.9 Å². The number of hydrogen-bond acceptors (Lipinski definition) is 6. The number of aryl methyl sites for hydroxylation is 1. The molecule has 4 aromatic rings. The Morgan fingerprint density at radius 2 is 1.71 bits per heavy atom. The zero-order valence-corrected chi connectivity index (χ0v) is 19.5. The molecule has 0 amide bonds. The van der Waals surface area contributed by atoms with Crippen molar-refractivity contribution in [3.63, 3.8) is 0 Å². The molecule has 1 aromatic heterocycles. The second-order valence-corrected chi connectivity index (χ2v) is 7.98. The van der Waals surface area contributed by atoms with E-state index < -0.39 is 5.97 Å². The summed E-state index contributed by atoms with van der Waals surface area (Å²) in [4.78, 5) is 25.7. The first kappa shape index (κ1) is 22.3. The van der Waals surface area contributed by atoms with Gasteiger partial charge in [0.2, 0.25) is 5.78 Å². The molecule has 0 aliphatic carbocycles. The number of benzene rings is 3. The van der Waals surface area contributed by atoms with Crippen LogP contribution in [0.1, 0.15) is 33.2 Å². The normalized spacial score (nSPS) is 13.6. The van der Waals surface area contributed by atoms with Crippen molar-refractivity contribution in [3.05, 3.63) is 89.3 Å². The monoisotopic (exact) mass is 469 g/mol. The Hall–Kier alpha value is -4.52. The molecule has 0 atom stereocenters. The summed E-state index contributed by atoms with van der Waals surface area (Å²) >= 11 is 0. The number of ketones is 1. The van der Waals surface area contributed by atoms with E-state index in [1.807, 2.05) is 30.5 Å². The molecular weight excluding hydrogens is 446 g/mol. The van der Waals surface area contributed by atoms with Crippen molar-refractivity contribution >= 4 is 28.7 Å². The summed E-state index contributed by atoms with van der Waals surface area (Å²) in [7, 11) is 3.01. The summed E-state index contributed by atoms with van der Waals surface area (Å²) in [5.41, 5.74) is 2.68. The van der Waals surface area contributed by atoms with Gasteiger partial charge in [0.1, 0.15) is 23.0 Å². The van der Waals surface area contributed by atoms with Crippen molar-refractivity contribution < 1.29 is 28.5 Å². The van der Waals surface area contributed by atoms with Gasteiger partial charge in [0.05, 0.1) is 25.3 Å². The first-order valence-electron chi connectivity index (χ1n) is 11.1. The number of esters is 1. The number of aromatic nitrogens is 1. The number of fused-ring (bicyclic) bond motifs is 2. The standard InChI is InChI=1S/C28H23NO6/c1-4-29-16-18(22-7-5-6-8-24(22)29)13-26-27(30)23-10-9-19(15-25(23)35-26)34-28(31)17-11-20(32-2)14-21(12-17)33-3/h5-16H,4H2,1-3H3. The molecule has 0 saturated heterocycles. The number of allylic oxidation sites excluding steroid dienone is 1. The third-order valence-corrected chi connectivity index (χ3v) is 5.89. The number of methoxy groups -OCH3 is 2. The van der Waals surface area contributed by atoms with Crippen LogP contribution in [0.5, 0.6) is 23.0 Å². The van der Waals surface area contributed by atoms with Crippen molar-refractivity contribution in [2.75, 3.05) is 14.2 Å². The summed E-state index contributed by atoms with van der Waals surface area (Å²) < 4.78 is 24.0. The van der Waals surface area contributed by atoms with Crippen molar-refractivity contribution in [1.29, 1.82) is 0 Å². The fraction of sp³-hybridized carbons (Fsp3) is 0.143. The molecule has 0 saturated carbocycles. The number of Topliss-reactive ketones (excluding diaryl/α,β-unsaturated/α-hetero) is 1. The Kier molecular flexibility index (Phi) is 5.74. The molecule has 1 aliphatic rings. The number of ether oxygens (including phenoxy) is 4.